The number of ether oxygens (including phenoxy) is 1. The van der Waals surface area contributed by atoms with Gasteiger partial charge in [0.25, 0.3) is 0 Å². The van der Waals surface area contributed by atoms with E-state index >= 15 is 0 Å². The van der Waals surface area contributed by atoms with E-state index in [0.29, 0.717) is 12.1 Å². The highest BCUT2D eigenvalue weighted by Gasteiger charge is 2.57. The number of carbonyl (C=O) groups is 1. The molecule has 0 bridgehead atoms. The second kappa shape index (κ2) is 7.83. The molecule has 0 saturated heterocycles. The van der Waals surface area contributed by atoms with Gasteiger partial charge in [-0.05, 0) is 42.2 Å². The smallest absolute Gasteiger partial charge is 0.416 e. The number of carboxylic acids is 1. The molecule has 0 unspecified atom stereocenters. The number of halogens is 6. The molecule has 1 aliphatic carbocycles. The van der Waals surface area contributed by atoms with Crippen LogP contribution >= 0.6 is 0 Å². The predicted molar refractivity (Wildman–Crippen MR) is 98.0 cm³/mol. The Hall–Kier alpha value is -2.59. The molecule has 10 heteroatoms. The van der Waals surface area contributed by atoms with E-state index in [4.69, 9.17) is 10.5 Å². The highest BCUT2D eigenvalue weighted by molar-refractivity contribution is 5.81. The van der Waals surface area contributed by atoms with Crippen LogP contribution in [0.15, 0.2) is 48.5 Å². The molecule has 2 aromatic rings. The summed E-state index contributed by atoms with van der Waals surface area (Å²) in [6, 6.07) is 9.98. The van der Waals surface area contributed by atoms with Crippen molar-refractivity contribution >= 4 is 5.97 Å². The van der Waals surface area contributed by atoms with Crippen molar-refractivity contribution in [3.63, 3.8) is 0 Å². The SMILES string of the molecule is NC1(C(=O)O)CC(COCc2cc(C(F)(F)F)cc(C(F)(F)F)c2)(c2ccccc2)C1. The summed E-state index contributed by atoms with van der Waals surface area (Å²) < 4.78 is 83.6. The van der Waals surface area contributed by atoms with Crippen molar-refractivity contribution in [3.8, 4) is 0 Å². The summed E-state index contributed by atoms with van der Waals surface area (Å²) in [5, 5.41) is 9.31. The summed E-state index contributed by atoms with van der Waals surface area (Å²) in [7, 11) is 0. The predicted octanol–water partition coefficient (Wildman–Crippen LogP) is 4.75. The summed E-state index contributed by atoms with van der Waals surface area (Å²) in [6.45, 7) is -0.618. The van der Waals surface area contributed by atoms with Crippen LogP contribution in [0.3, 0.4) is 0 Å². The van der Waals surface area contributed by atoms with Gasteiger partial charge < -0.3 is 15.6 Å². The first kappa shape index (κ1) is 23.1. The molecule has 0 atom stereocenters. The van der Waals surface area contributed by atoms with Crippen LogP contribution in [0.4, 0.5) is 26.3 Å². The molecule has 0 spiro atoms. The molecule has 0 heterocycles. The van der Waals surface area contributed by atoms with Crippen molar-refractivity contribution in [1.82, 2.24) is 0 Å². The van der Waals surface area contributed by atoms with Crippen LogP contribution in [0.1, 0.15) is 35.1 Å². The highest BCUT2D eigenvalue weighted by Crippen LogP contribution is 2.49. The number of benzene rings is 2. The molecule has 0 aromatic heterocycles. The van der Waals surface area contributed by atoms with Crippen LogP contribution in [0, 0.1) is 0 Å². The average molecular weight is 447 g/mol. The number of hydrogen-bond acceptors (Lipinski definition) is 3. The Morgan fingerprint density at radius 2 is 1.48 bits per heavy atom. The number of aliphatic carboxylic acids is 1. The quantitative estimate of drug-likeness (QED) is 0.627. The van der Waals surface area contributed by atoms with Crippen LogP contribution < -0.4 is 5.73 Å². The molecule has 3 rings (SSSR count). The summed E-state index contributed by atoms with van der Waals surface area (Å²) in [4.78, 5) is 11.4. The Labute approximate surface area is 173 Å². The largest absolute Gasteiger partial charge is 0.480 e. The minimum atomic E-state index is -4.95. The summed E-state index contributed by atoms with van der Waals surface area (Å²) in [5.74, 6) is -1.19. The number of alkyl halides is 6. The summed E-state index contributed by atoms with van der Waals surface area (Å²) >= 11 is 0. The van der Waals surface area contributed by atoms with Crippen molar-refractivity contribution in [2.45, 2.75) is 42.8 Å². The molecule has 0 amide bonds. The Balaban J connectivity index is 1.81. The highest BCUT2D eigenvalue weighted by atomic mass is 19.4. The number of carboxylic acid groups (broad SMARTS) is 1. The molecule has 4 nitrogen and oxygen atoms in total. The fourth-order valence-electron chi connectivity index (χ4n) is 3.96. The van der Waals surface area contributed by atoms with Gasteiger partial charge >= 0.3 is 18.3 Å². The molecule has 1 saturated carbocycles. The molecular weight excluding hydrogens is 428 g/mol. The first-order chi connectivity index (χ1) is 14.3. The molecule has 31 heavy (non-hydrogen) atoms. The standard InChI is InChI=1S/C21H19F6NO3/c22-20(23,24)15-6-13(7-16(8-15)21(25,26)27)9-31-12-18(14-4-2-1-3-5-14)10-19(28,11-18)17(29)30/h1-8H,9-12,28H2,(H,29,30). The summed E-state index contributed by atoms with van der Waals surface area (Å²) in [5.41, 5.74) is 1.20. The molecule has 0 aliphatic heterocycles. The van der Waals surface area contributed by atoms with Crippen LogP contribution in [0.5, 0.6) is 0 Å². The lowest BCUT2D eigenvalue weighted by molar-refractivity contribution is -0.152. The van der Waals surface area contributed by atoms with Crippen LogP contribution in [0.2, 0.25) is 0 Å². The number of hydrogen-bond donors (Lipinski definition) is 2. The Bertz CT molecular complexity index is 918. The van der Waals surface area contributed by atoms with Crippen molar-refractivity contribution in [2.24, 2.45) is 5.73 Å². The van der Waals surface area contributed by atoms with E-state index in [2.05, 4.69) is 0 Å². The van der Waals surface area contributed by atoms with E-state index in [1.54, 1.807) is 30.3 Å². The van der Waals surface area contributed by atoms with Crippen molar-refractivity contribution < 1.29 is 41.0 Å². The van der Waals surface area contributed by atoms with Gasteiger partial charge in [0.15, 0.2) is 0 Å². The minimum absolute atomic E-state index is 0.0236. The fraction of sp³-hybridized carbons (Fsp3) is 0.381. The normalized spacial score (nSPS) is 24.0. The molecule has 0 radical (unpaired) electrons. The number of rotatable bonds is 6. The van der Waals surface area contributed by atoms with Gasteiger partial charge in [-0.15, -0.1) is 0 Å². The summed E-state index contributed by atoms with van der Waals surface area (Å²) in [6.07, 6.45) is -9.85. The molecular formula is C21H19F6NO3. The van der Waals surface area contributed by atoms with Gasteiger partial charge in [-0.3, -0.25) is 4.79 Å². The van der Waals surface area contributed by atoms with E-state index in [1.807, 2.05) is 0 Å². The van der Waals surface area contributed by atoms with E-state index in [-0.39, 0.29) is 31.1 Å². The third-order valence-electron chi connectivity index (χ3n) is 5.41. The van der Waals surface area contributed by atoms with Crippen molar-refractivity contribution in [3.05, 3.63) is 70.8 Å². The molecule has 2 aromatic carbocycles. The number of nitrogens with two attached hydrogens (primary N) is 1. The maximum atomic E-state index is 13.0. The lowest BCUT2D eigenvalue weighted by Crippen LogP contribution is -2.66. The van der Waals surface area contributed by atoms with Crippen LogP contribution in [-0.2, 0) is 33.9 Å². The van der Waals surface area contributed by atoms with Gasteiger partial charge in [0.1, 0.15) is 5.54 Å². The van der Waals surface area contributed by atoms with E-state index < -0.39 is 47.0 Å². The Morgan fingerprint density at radius 3 is 1.94 bits per heavy atom. The fourth-order valence-corrected chi connectivity index (χ4v) is 3.96. The van der Waals surface area contributed by atoms with Gasteiger partial charge in [-0.25, -0.2) is 0 Å². The third-order valence-corrected chi connectivity index (χ3v) is 5.41. The zero-order valence-electron chi connectivity index (χ0n) is 16.1. The van der Waals surface area contributed by atoms with E-state index in [0.717, 1.165) is 5.56 Å². The van der Waals surface area contributed by atoms with Gasteiger partial charge in [-0.2, -0.15) is 26.3 Å². The zero-order chi connectivity index (χ0) is 23.1. The van der Waals surface area contributed by atoms with E-state index in [9.17, 15) is 36.2 Å². The maximum absolute atomic E-state index is 13.0. The van der Waals surface area contributed by atoms with Crippen molar-refractivity contribution in [2.75, 3.05) is 6.61 Å². The van der Waals surface area contributed by atoms with Crippen LogP contribution in [0.25, 0.3) is 0 Å². The molecule has 1 aliphatic rings. The molecule has 168 valence electrons. The zero-order valence-corrected chi connectivity index (χ0v) is 16.1. The minimum Gasteiger partial charge on any atom is -0.480 e. The Kier molecular flexibility index (Phi) is 5.83. The molecule has 3 N–H and O–H groups in total. The first-order valence-electron chi connectivity index (χ1n) is 9.19. The molecule has 1 fully saturated rings. The first-order valence-corrected chi connectivity index (χ1v) is 9.19. The van der Waals surface area contributed by atoms with Gasteiger partial charge in [0.2, 0.25) is 0 Å². The van der Waals surface area contributed by atoms with Crippen molar-refractivity contribution in [1.29, 1.82) is 0 Å². The lowest BCUT2D eigenvalue weighted by Gasteiger charge is -2.52. The van der Waals surface area contributed by atoms with Gasteiger partial charge in [-0.1, -0.05) is 30.3 Å². The van der Waals surface area contributed by atoms with E-state index in [1.165, 1.54) is 0 Å². The van der Waals surface area contributed by atoms with Crippen LogP contribution in [-0.4, -0.2) is 23.2 Å². The second-order valence-corrected chi connectivity index (χ2v) is 7.87. The average Bonchev–Trinajstić information content (AvgIpc) is 2.65. The Morgan fingerprint density at radius 1 is 0.968 bits per heavy atom. The maximum Gasteiger partial charge on any atom is 0.416 e. The van der Waals surface area contributed by atoms with Gasteiger partial charge in [0, 0.05) is 5.41 Å². The lowest BCUT2D eigenvalue weighted by atomic mass is 9.55. The third kappa shape index (κ3) is 4.85. The van der Waals surface area contributed by atoms with Gasteiger partial charge in [0.05, 0.1) is 24.3 Å². The topological polar surface area (TPSA) is 72.6 Å². The second-order valence-electron chi connectivity index (χ2n) is 7.87. The monoisotopic (exact) mass is 447 g/mol.